The van der Waals surface area contributed by atoms with Crippen molar-refractivity contribution in [1.82, 2.24) is 19.7 Å². The molecule has 0 saturated heterocycles. The van der Waals surface area contributed by atoms with Crippen molar-refractivity contribution in [2.75, 3.05) is 13.1 Å². The number of aryl methyl sites for hydroxylation is 1. The van der Waals surface area contributed by atoms with Crippen LogP contribution in [0.3, 0.4) is 0 Å². The average Bonchev–Trinajstić information content (AvgIpc) is 2.91. The highest BCUT2D eigenvalue weighted by atomic mass is 79.9. The van der Waals surface area contributed by atoms with Crippen molar-refractivity contribution >= 4 is 15.9 Å². The molecule has 2 aromatic rings. The number of aromatic nitrogens is 3. The monoisotopic (exact) mass is 335 g/mol. The molecular weight excluding hydrogens is 318 g/mol. The molecule has 6 heteroatoms. The van der Waals surface area contributed by atoms with Crippen LogP contribution < -0.4 is 5.73 Å². The zero-order chi connectivity index (χ0) is 14.1. The number of fused-ring (bicyclic) bond motifs is 1. The maximum absolute atomic E-state index is 6.02. The average molecular weight is 336 g/mol. The summed E-state index contributed by atoms with van der Waals surface area (Å²) in [6.45, 7) is 5.38. The van der Waals surface area contributed by atoms with Crippen LogP contribution in [0.1, 0.15) is 23.0 Å². The molecule has 0 spiro atoms. The molecule has 0 fully saturated rings. The van der Waals surface area contributed by atoms with Crippen molar-refractivity contribution in [3.63, 3.8) is 0 Å². The van der Waals surface area contributed by atoms with Gasteiger partial charge in [-0.3, -0.25) is 4.90 Å². The Balaban J connectivity index is 1.85. The minimum atomic E-state index is 0.220. The first-order valence-corrected chi connectivity index (χ1v) is 7.55. The standard InChI is InChI=1S/C14H18BrN5/c1-10-2-3-11(6-12(10)15)13(7-16)19-4-5-20-9-17-18-14(20)8-19/h2-3,6,9,13H,4-5,7-8,16H2,1H3. The number of hydrogen-bond acceptors (Lipinski definition) is 4. The van der Waals surface area contributed by atoms with Gasteiger partial charge in [0.05, 0.1) is 6.54 Å². The van der Waals surface area contributed by atoms with Gasteiger partial charge >= 0.3 is 0 Å². The van der Waals surface area contributed by atoms with Gasteiger partial charge in [-0.1, -0.05) is 28.1 Å². The topological polar surface area (TPSA) is 60.0 Å². The SMILES string of the molecule is Cc1ccc(C(CN)N2CCn3cnnc3C2)cc1Br. The van der Waals surface area contributed by atoms with Crippen molar-refractivity contribution in [1.29, 1.82) is 0 Å². The van der Waals surface area contributed by atoms with E-state index in [1.54, 1.807) is 6.33 Å². The van der Waals surface area contributed by atoms with Crippen LogP contribution in [0.5, 0.6) is 0 Å². The first-order valence-electron chi connectivity index (χ1n) is 6.76. The van der Waals surface area contributed by atoms with E-state index in [4.69, 9.17) is 5.73 Å². The summed E-state index contributed by atoms with van der Waals surface area (Å²) < 4.78 is 3.24. The van der Waals surface area contributed by atoms with E-state index in [0.717, 1.165) is 29.9 Å². The van der Waals surface area contributed by atoms with Crippen molar-refractivity contribution in [3.05, 3.63) is 46.0 Å². The second-order valence-corrected chi connectivity index (χ2v) is 6.03. The first-order chi connectivity index (χ1) is 9.69. The lowest BCUT2D eigenvalue weighted by Crippen LogP contribution is -2.39. The molecule has 106 valence electrons. The van der Waals surface area contributed by atoms with Gasteiger partial charge in [-0.2, -0.15) is 0 Å². The number of halogens is 1. The normalized spacial score (nSPS) is 16.9. The van der Waals surface area contributed by atoms with Crippen LogP contribution >= 0.6 is 15.9 Å². The quantitative estimate of drug-likeness (QED) is 0.930. The molecule has 5 nitrogen and oxygen atoms in total. The number of benzene rings is 1. The Morgan fingerprint density at radius 1 is 1.40 bits per heavy atom. The van der Waals surface area contributed by atoms with Gasteiger partial charge in [-0.25, -0.2) is 0 Å². The summed E-state index contributed by atoms with van der Waals surface area (Å²) in [6.07, 6.45) is 1.80. The Labute approximate surface area is 126 Å². The predicted octanol–water partition coefficient (Wildman–Crippen LogP) is 1.86. The fraction of sp³-hybridized carbons (Fsp3) is 0.429. The maximum Gasteiger partial charge on any atom is 0.147 e. The second-order valence-electron chi connectivity index (χ2n) is 5.17. The van der Waals surface area contributed by atoms with E-state index < -0.39 is 0 Å². The van der Waals surface area contributed by atoms with Crippen molar-refractivity contribution in [3.8, 4) is 0 Å². The minimum Gasteiger partial charge on any atom is -0.329 e. The summed E-state index contributed by atoms with van der Waals surface area (Å²) in [6, 6.07) is 6.69. The zero-order valence-electron chi connectivity index (χ0n) is 11.5. The van der Waals surface area contributed by atoms with Crippen LogP contribution in [0.4, 0.5) is 0 Å². The summed E-state index contributed by atoms with van der Waals surface area (Å²) >= 11 is 3.60. The maximum atomic E-state index is 6.02. The van der Waals surface area contributed by atoms with Gasteiger partial charge in [0.15, 0.2) is 0 Å². The molecule has 1 aromatic heterocycles. The Hall–Kier alpha value is -1.24. The van der Waals surface area contributed by atoms with E-state index in [0.29, 0.717) is 6.54 Å². The van der Waals surface area contributed by atoms with Gasteiger partial charge in [-0.05, 0) is 24.1 Å². The molecule has 1 atom stereocenters. The van der Waals surface area contributed by atoms with Crippen molar-refractivity contribution < 1.29 is 0 Å². The summed E-state index contributed by atoms with van der Waals surface area (Å²) in [5.41, 5.74) is 8.51. The van der Waals surface area contributed by atoms with E-state index in [2.05, 4.69) is 60.7 Å². The highest BCUT2D eigenvalue weighted by molar-refractivity contribution is 9.10. The van der Waals surface area contributed by atoms with E-state index in [1.807, 2.05) is 0 Å². The Kier molecular flexibility index (Phi) is 3.87. The summed E-state index contributed by atoms with van der Waals surface area (Å²) in [4.78, 5) is 2.38. The third-order valence-electron chi connectivity index (χ3n) is 3.91. The number of hydrogen-bond donors (Lipinski definition) is 1. The van der Waals surface area contributed by atoms with Gasteiger partial charge in [-0.15, -0.1) is 10.2 Å². The van der Waals surface area contributed by atoms with Crippen LogP contribution in [0, 0.1) is 6.92 Å². The van der Waals surface area contributed by atoms with E-state index in [1.165, 1.54) is 11.1 Å². The molecule has 20 heavy (non-hydrogen) atoms. The molecular formula is C14H18BrN5. The van der Waals surface area contributed by atoms with Gasteiger partial charge in [0.25, 0.3) is 0 Å². The van der Waals surface area contributed by atoms with E-state index in [-0.39, 0.29) is 6.04 Å². The van der Waals surface area contributed by atoms with Gasteiger partial charge in [0.2, 0.25) is 0 Å². The van der Waals surface area contributed by atoms with E-state index in [9.17, 15) is 0 Å². The van der Waals surface area contributed by atoms with Crippen LogP contribution in [-0.2, 0) is 13.1 Å². The molecule has 2 N–H and O–H groups in total. The summed E-state index contributed by atoms with van der Waals surface area (Å²) in [7, 11) is 0. The Bertz CT molecular complexity index is 609. The molecule has 1 unspecified atom stereocenters. The highest BCUT2D eigenvalue weighted by Crippen LogP contribution is 2.27. The molecule has 2 heterocycles. The van der Waals surface area contributed by atoms with Crippen molar-refractivity contribution in [2.45, 2.75) is 26.1 Å². The van der Waals surface area contributed by atoms with Gasteiger partial charge in [0.1, 0.15) is 12.2 Å². The van der Waals surface area contributed by atoms with Crippen LogP contribution in [-0.4, -0.2) is 32.8 Å². The lowest BCUT2D eigenvalue weighted by Gasteiger charge is -2.34. The largest absolute Gasteiger partial charge is 0.329 e. The molecule has 1 aliphatic rings. The van der Waals surface area contributed by atoms with Crippen molar-refractivity contribution in [2.24, 2.45) is 5.73 Å². The zero-order valence-corrected chi connectivity index (χ0v) is 13.0. The fourth-order valence-corrected chi connectivity index (χ4v) is 3.06. The van der Waals surface area contributed by atoms with E-state index >= 15 is 0 Å². The molecule has 0 aliphatic carbocycles. The van der Waals surface area contributed by atoms with Crippen LogP contribution in [0.25, 0.3) is 0 Å². The molecule has 0 bridgehead atoms. The predicted molar refractivity (Wildman–Crippen MR) is 81.1 cm³/mol. The Morgan fingerprint density at radius 3 is 3.00 bits per heavy atom. The molecule has 0 saturated carbocycles. The van der Waals surface area contributed by atoms with Crippen LogP contribution in [0.2, 0.25) is 0 Å². The number of nitrogens with zero attached hydrogens (tertiary/aromatic N) is 4. The summed E-state index contributed by atoms with van der Waals surface area (Å²) in [5, 5.41) is 8.14. The molecule has 0 amide bonds. The smallest absolute Gasteiger partial charge is 0.147 e. The van der Waals surface area contributed by atoms with Gasteiger partial charge < -0.3 is 10.3 Å². The number of rotatable bonds is 3. The molecule has 0 radical (unpaired) electrons. The third kappa shape index (κ3) is 2.51. The third-order valence-corrected chi connectivity index (χ3v) is 4.77. The van der Waals surface area contributed by atoms with Crippen LogP contribution in [0.15, 0.2) is 29.0 Å². The fourth-order valence-electron chi connectivity index (χ4n) is 2.66. The Morgan fingerprint density at radius 2 is 2.25 bits per heavy atom. The lowest BCUT2D eigenvalue weighted by atomic mass is 10.0. The second kappa shape index (κ2) is 5.63. The minimum absolute atomic E-state index is 0.220. The molecule has 1 aliphatic heterocycles. The lowest BCUT2D eigenvalue weighted by molar-refractivity contribution is 0.156. The number of nitrogens with two attached hydrogens (primary N) is 1. The highest BCUT2D eigenvalue weighted by Gasteiger charge is 2.25. The first kappa shape index (κ1) is 13.7. The molecule has 3 rings (SSSR count). The summed E-state index contributed by atoms with van der Waals surface area (Å²) in [5.74, 6) is 1.01. The molecule has 1 aromatic carbocycles. The van der Waals surface area contributed by atoms with Gasteiger partial charge in [0, 0.05) is 30.1 Å².